The van der Waals surface area contributed by atoms with Gasteiger partial charge in [0.2, 0.25) is 5.95 Å². The third kappa shape index (κ3) is 2.34. The molecule has 0 radical (unpaired) electrons. The van der Waals surface area contributed by atoms with Crippen LogP contribution in [0.25, 0.3) is 5.65 Å². The Labute approximate surface area is 117 Å². The first-order chi connectivity index (χ1) is 9.78. The third-order valence-corrected chi connectivity index (χ3v) is 3.34. The molecule has 3 rings (SSSR count). The van der Waals surface area contributed by atoms with Gasteiger partial charge in [0.1, 0.15) is 0 Å². The van der Waals surface area contributed by atoms with Crippen LogP contribution in [0, 0.1) is 6.92 Å². The van der Waals surface area contributed by atoms with Gasteiger partial charge in [-0.05, 0) is 36.6 Å². The average molecular weight is 267 g/mol. The number of hydrogen-bond donors (Lipinski definition) is 1. The highest BCUT2D eigenvalue weighted by Gasteiger charge is 2.06. The zero-order chi connectivity index (χ0) is 13.9. The summed E-state index contributed by atoms with van der Waals surface area (Å²) in [6, 6.07) is 8.07. The number of aryl methyl sites for hydroxylation is 2. The molecule has 102 valence electrons. The van der Waals surface area contributed by atoms with Crippen LogP contribution in [-0.2, 0) is 13.0 Å². The van der Waals surface area contributed by atoms with E-state index in [1.165, 1.54) is 5.56 Å². The maximum Gasteiger partial charge on any atom is 0.243 e. The van der Waals surface area contributed by atoms with Gasteiger partial charge < -0.3 is 5.32 Å². The summed E-state index contributed by atoms with van der Waals surface area (Å²) in [7, 11) is 0. The second-order valence-corrected chi connectivity index (χ2v) is 4.71. The van der Waals surface area contributed by atoms with Crippen molar-refractivity contribution in [3.63, 3.8) is 0 Å². The average Bonchev–Trinajstić information content (AvgIpc) is 2.90. The first kappa shape index (κ1) is 12.6. The largest absolute Gasteiger partial charge is 0.347 e. The Morgan fingerprint density at radius 1 is 1.25 bits per heavy atom. The number of pyridine rings is 2. The molecule has 0 aliphatic carbocycles. The molecule has 0 bridgehead atoms. The Hall–Kier alpha value is -2.43. The summed E-state index contributed by atoms with van der Waals surface area (Å²) in [4.78, 5) is 8.91. The zero-order valence-electron chi connectivity index (χ0n) is 11.7. The number of nitrogens with one attached hydrogen (secondary N) is 1. The summed E-state index contributed by atoms with van der Waals surface area (Å²) in [6.07, 6.45) is 4.69. The van der Waals surface area contributed by atoms with Crippen molar-refractivity contribution in [3.05, 3.63) is 53.5 Å². The standard InChI is InChI=1S/C15H17N5/c1-3-12-7-4-8-16-13(12)10-17-15-18-14-11(2)6-5-9-20(14)19-15/h4-9H,3,10H2,1-2H3,(H,17,19). The lowest BCUT2D eigenvalue weighted by molar-refractivity contribution is 0.925. The van der Waals surface area contributed by atoms with E-state index in [2.05, 4.69) is 33.4 Å². The van der Waals surface area contributed by atoms with Crippen molar-refractivity contribution < 1.29 is 0 Å². The Morgan fingerprint density at radius 2 is 2.15 bits per heavy atom. The van der Waals surface area contributed by atoms with Crippen LogP contribution in [0.1, 0.15) is 23.7 Å². The van der Waals surface area contributed by atoms with Gasteiger partial charge >= 0.3 is 0 Å². The lowest BCUT2D eigenvalue weighted by atomic mass is 10.1. The van der Waals surface area contributed by atoms with Crippen LogP contribution in [0.15, 0.2) is 36.7 Å². The van der Waals surface area contributed by atoms with E-state index in [9.17, 15) is 0 Å². The van der Waals surface area contributed by atoms with Gasteiger partial charge in [-0.25, -0.2) is 4.52 Å². The molecule has 0 spiro atoms. The van der Waals surface area contributed by atoms with Crippen LogP contribution in [0.5, 0.6) is 0 Å². The maximum absolute atomic E-state index is 4.50. The van der Waals surface area contributed by atoms with Crippen molar-refractivity contribution in [3.8, 4) is 0 Å². The lowest BCUT2D eigenvalue weighted by Gasteiger charge is -2.06. The van der Waals surface area contributed by atoms with E-state index in [1.807, 2.05) is 37.5 Å². The fourth-order valence-corrected chi connectivity index (χ4v) is 2.23. The number of hydrogen-bond acceptors (Lipinski definition) is 4. The summed E-state index contributed by atoms with van der Waals surface area (Å²) >= 11 is 0. The monoisotopic (exact) mass is 267 g/mol. The van der Waals surface area contributed by atoms with Crippen LogP contribution in [-0.4, -0.2) is 19.6 Å². The quantitative estimate of drug-likeness (QED) is 0.789. The Kier molecular flexibility index (Phi) is 3.33. The maximum atomic E-state index is 4.50. The molecule has 3 aromatic heterocycles. The molecule has 20 heavy (non-hydrogen) atoms. The molecule has 1 N–H and O–H groups in total. The van der Waals surface area contributed by atoms with Gasteiger partial charge in [-0.2, -0.15) is 4.98 Å². The van der Waals surface area contributed by atoms with Crippen molar-refractivity contribution in [1.29, 1.82) is 0 Å². The molecule has 0 fully saturated rings. The van der Waals surface area contributed by atoms with Crippen molar-refractivity contribution in [2.24, 2.45) is 0 Å². The predicted molar refractivity (Wildman–Crippen MR) is 78.7 cm³/mol. The van der Waals surface area contributed by atoms with E-state index in [4.69, 9.17) is 0 Å². The fourth-order valence-electron chi connectivity index (χ4n) is 2.23. The summed E-state index contributed by atoms with van der Waals surface area (Å²) < 4.78 is 1.79. The first-order valence-corrected chi connectivity index (χ1v) is 6.76. The van der Waals surface area contributed by atoms with E-state index in [0.29, 0.717) is 12.5 Å². The van der Waals surface area contributed by atoms with E-state index in [0.717, 1.165) is 23.3 Å². The molecule has 0 amide bonds. The van der Waals surface area contributed by atoms with Crippen molar-refractivity contribution in [1.82, 2.24) is 19.6 Å². The SMILES string of the molecule is CCc1cccnc1CNc1nc2c(C)cccn2n1. The smallest absolute Gasteiger partial charge is 0.243 e. The molecular formula is C15H17N5. The van der Waals surface area contributed by atoms with E-state index >= 15 is 0 Å². The van der Waals surface area contributed by atoms with Crippen molar-refractivity contribution in [2.45, 2.75) is 26.8 Å². The highest BCUT2D eigenvalue weighted by Crippen LogP contribution is 2.12. The molecule has 0 aliphatic rings. The van der Waals surface area contributed by atoms with Crippen molar-refractivity contribution >= 4 is 11.6 Å². The molecule has 0 saturated heterocycles. The number of anilines is 1. The minimum absolute atomic E-state index is 0.631. The number of nitrogens with zero attached hydrogens (tertiary/aromatic N) is 4. The number of aromatic nitrogens is 4. The van der Waals surface area contributed by atoms with Crippen LogP contribution >= 0.6 is 0 Å². The molecule has 0 atom stereocenters. The number of fused-ring (bicyclic) bond motifs is 1. The molecule has 3 heterocycles. The van der Waals surface area contributed by atoms with Gasteiger partial charge in [0.15, 0.2) is 5.65 Å². The summed E-state index contributed by atoms with van der Waals surface area (Å²) in [5.74, 6) is 0.631. The highest BCUT2D eigenvalue weighted by atomic mass is 15.3. The van der Waals surface area contributed by atoms with Gasteiger partial charge in [0.05, 0.1) is 12.2 Å². The summed E-state index contributed by atoms with van der Waals surface area (Å²) in [5.41, 5.74) is 4.29. The first-order valence-electron chi connectivity index (χ1n) is 6.76. The van der Waals surface area contributed by atoms with Crippen LogP contribution in [0.4, 0.5) is 5.95 Å². The molecule has 3 aromatic rings. The molecule has 0 aromatic carbocycles. The molecule has 0 saturated carbocycles. The van der Waals surface area contributed by atoms with Gasteiger partial charge in [-0.1, -0.05) is 19.1 Å². The van der Waals surface area contributed by atoms with Gasteiger partial charge in [0, 0.05) is 12.4 Å². The topological polar surface area (TPSA) is 55.1 Å². The normalized spacial score (nSPS) is 10.9. The molecule has 5 nitrogen and oxygen atoms in total. The molecule has 0 unspecified atom stereocenters. The fraction of sp³-hybridized carbons (Fsp3) is 0.267. The summed E-state index contributed by atoms with van der Waals surface area (Å²) in [5, 5.41) is 7.66. The van der Waals surface area contributed by atoms with E-state index in [-0.39, 0.29) is 0 Å². The van der Waals surface area contributed by atoms with Crippen LogP contribution in [0.3, 0.4) is 0 Å². The zero-order valence-corrected chi connectivity index (χ0v) is 11.7. The Bertz CT molecular complexity index is 732. The minimum Gasteiger partial charge on any atom is -0.347 e. The highest BCUT2D eigenvalue weighted by molar-refractivity contribution is 5.49. The lowest BCUT2D eigenvalue weighted by Crippen LogP contribution is -2.06. The predicted octanol–water partition coefficient (Wildman–Crippen LogP) is 2.61. The third-order valence-electron chi connectivity index (χ3n) is 3.34. The van der Waals surface area contributed by atoms with E-state index < -0.39 is 0 Å². The Balaban J connectivity index is 1.82. The second-order valence-electron chi connectivity index (χ2n) is 4.71. The molecular weight excluding hydrogens is 250 g/mol. The second kappa shape index (κ2) is 5.28. The summed E-state index contributed by atoms with van der Waals surface area (Å²) in [6.45, 7) is 4.80. The van der Waals surface area contributed by atoms with Gasteiger partial charge in [-0.15, -0.1) is 5.10 Å². The van der Waals surface area contributed by atoms with Gasteiger partial charge in [-0.3, -0.25) is 4.98 Å². The number of rotatable bonds is 4. The Morgan fingerprint density at radius 3 is 2.95 bits per heavy atom. The van der Waals surface area contributed by atoms with E-state index in [1.54, 1.807) is 4.52 Å². The minimum atomic E-state index is 0.631. The molecule has 0 aliphatic heterocycles. The van der Waals surface area contributed by atoms with Crippen molar-refractivity contribution in [2.75, 3.05) is 5.32 Å². The van der Waals surface area contributed by atoms with Crippen LogP contribution < -0.4 is 5.32 Å². The van der Waals surface area contributed by atoms with Gasteiger partial charge in [0.25, 0.3) is 0 Å². The molecule has 5 heteroatoms. The van der Waals surface area contributed by atoms with Crippen LogP contribution in [0.2, 0.25) is 0 Å².